The number of para-hydroxylation sites is 1. The maximum Gasteiger partial charge on any atom is 0.416 e. The highest BCUT2D eigenvalue weighted by molar-refractivity contribution is 6.07. The average Bonchev–Trinajstić information content (AvgIpc) is 3.42. The van der Waals surface area contributed by atoms with Gasteiger partial charge in [0, 0.05) is 36.7 Å². The van der Waals surface area contributed by atoms with Crippen LogP contribution in [0.15, 0.2) is 36.4 Å². The van der Waals surface area contributed by atoms with Crippen molar-refractivity contribution in [3.63, 3.8) is 0 Å². The number of hydrogen-bond donors (Lipinski definition) is 1. The first-order chi connectivity index (χ1) is 16.5. The maximum absolute atomic E-state index is 13.7. The first-order valence-electron chi connectivity index (χ1n) is 12.1. The standard InChI is InChI=1S/C27H32F3N3O2/c1-5-26(16-33(24(34)19(26)4)23-17(2)9-8-10-18(23)3)25(35)31-21-13-20(27(28,29)30)14-22(15-21)32-11-6-7-12-32/h8-10,13-15,19H,5-7,11-12,16H2,1-4H3,(H,31,35). The van der Waals surface area contributed by atoms with Gasteiger partial charge in [0.15, 0.2) is 0 Å². The number of amides is 2. The van der Waals surface area contributed by atoms with E-state index < -0.39 is 29.0 Å². The molecule has 2 saturated heterocycles. The molecule has 0 aromatic heterocycles. The summed E-state index contributed by atoms with van der Waals surface area (Å²) in [6, 6.07) is 9.49. The Bertz CT molecular complexity index is 1120. The number of carbonyl (C=O) groups is 2. The third-order valence-corrected chi connectivity index (χ3v) is 7.67. The molecule has 8 heteroatoms. The number of nitrogens with one attached hydrogen (secondary N) is 1. The van der Waals surface area contributed by atoms with Crippen molar-refractivity contribution in [1.82, 2.24) is 0 Å². The van der Waals surface area contributed by atoms with Gasteiger partial charge in [-0.3, -0.25) is 9.59 Å². The predicted molar refractivity (Wildman–Crippen MR) is 132 cm³/mol. The van der Waals surface area contributed by atoms with Crippen LogP contribution in [0.3, 0.4) is 0 Å². The van der Waals surface area contributed by atoms with E-state index in [-0.39, 0.29) is 18.1 Å². The van der Waals surface area contributed by atoms with Gasteiger partial charge in [0.2, 0.25) is 11.8 Å². The van der Waals surface area contributed by atoms with Crippen molar-refractivity contribution in [3.05, 3.63) is 53.1 Å². The Balaban J connectivity index is 1.68. The lowest BCUT2D eigenvalue weighted by molar-refractivity contribution is -0.137. The molecule has 2 unspecified atom stereocenters. The molecule has 2 aliphatic heterocycles. The monoisotopic (exact) mass is 487 g/mol. The smallest absolute Gasteiger partial charge is 0.371 e. The summed E-state index contributed by atoms with van der Waals surface area (Å²) in [5.41, 5.74) is 1.36. The molecular weight excluding hydrogens is 455 g/mol. The lowest BCUT2D eigenvalue weighted by Crippen LogP contribution is -2.42. The Morgan fingerprint density at radius 1 is 1.11 bits per heavy atom. The highest BCUT2D eigenvalue weighted by Gasteiger charge is 2.54. The van der Waals surface area contributed by atoms with E-state index >= 15 is 0 Å². The van der Waals surface area contributed by atoms with Gasteiger partial charge in [-0.05, 0) is 62.4 Å². The Labute approximate surface area is 204 Å². The Morgan fingerprint density at radius 3 is 2.31 bits per heavy atom. The molecule has 0 saturated carbocycles. The van der Waals surface area contributed by atoms with Crippen molar-refractivity contribution >= 4 is 28.9 Å². The van der Waals surface area contributed by atoms with E-state index in [4.69, 9.17) is 0 Å². The molecule has 4 rings (SSSR count). The van der Waals surface area contributed by atoms with E-state index in [0.717, 1.165) is 41.8 Å². The number of nitrogens with zero attached hydrogens (tertiary/aromatic N) is 2. The first-order valence-corrected chi connectivity index (χ1v) is 12.1. The molecule has 2 aromatic carbocycles. The van der Waals surface area contributed by atoms with E-state index in [1.807, 2.05) is 43.9 Å². The van der Waals surface area contributed by atoms with Crippen molar-refractivity contribution in [2.45, 2.75) is 53.1 Å². The van der Waals surface area contributed by atoms with Crippen LogP contribution in [0.5, 0.6) is 0 Å². The van der Waals surface area contributed by atoms with Crippen molar-refractivity contribution < 1.29 is 22.8 Å². The summed E-state index contributed by atoms with van der Waals surface area (Å²) in [6.07, 6.45) is -2.31. The summed E-state index contributed by atoms with van der Waals surface area (Å²) in [4.78, 5) is 30.6. The summed E-state index contributed by atoms with van der Waals surface area (Å²) in [7, 11) is 0. The Hall–Kier alpha value is -3.03. The minimum Gasteiger partial charge on any atom is -0.371 e. The molecule has 0 spiro atoms. The molecule has 2 amide bonds. The molecule has 188 valence electrons. The van der Waals surface area contributed by atoms with Gasteiger partial charge in [0.1, 0.15) is 0 Å². The van der Waals surface area contributed by atoms with Crippen LogP contribution in [0.1, 0.15) is 49.8 Å². The van der Waals surface area contributed by atoms with Gasteiger partial charge in [-0.1, -0.05) is 32.0 Å². The molecule has 0 bridgehead atoms. The highest BCUT2D eigenvalue weighted by Crippen LogP contribution is 2.45. The van der Waals surface area contributed by atoms with Crippen molar-refractivity contribution in [2.75, 3.05) is 34.8 Å². The van der Waals surface area contributed by atoms with Crippen LogP contribution in [0.2, 0.25) is 0 Å². The summed E-state index contributed by atoms with van der Waals surface area (Å²) in [5, 5.41) is 2.76. The number of alkyl halides is 3. The fourth-order valence-electron chi connectivity index (χ4n) is 5.50. The quantitative estimate of drug-likeness (QED) is 0.568. The largest absolute Gasteiger partial charge is 0.416 e. The van der Waals surface area contributed by atoms with Crippen LogP contribution in [-0.4, -0.2) is 31.4 Å². The fraction of sp³-hybridized carbons (Fsp3) is 0.481. The molecule has 1 N–H and O–H groups in total. The minimum atomic E-state index is -4.53. The summed E-state index contributed by atoms with van der Waals surface area (Å²) < 4.78 is 41.0. The van der Waals surface area contributed by atoms with E-state index in [2.05, 4.69) is 5.32 Å². The second-order valence-electron chi connectivity index (χ2n) is 9.81. The van der Waals surface area contributed by atoms with Crippen molar-refractivity contribution in [2.24, 2.45) is 11.3 Å². The lowest BCUT2D eigenvalue weighted by Gasteiger charge is -2.30. The second-order valence-corrected chi connectivity index (χ2v) is 9.81. The van der Waals surface area contributed by atoms with Gasteiger partial charge in [0.25, 0.3) is 0 Å². The fourth-order valence-corrected chi connectivity index (χ4v) is 5.50. The van der Waals surface area contributed by atoms with Crippen molar-refractivity contribution in [1.29, 1.82) is 0 Å². The van der Waals surface area contributed by atoms with Crippen LogP contribution in [-0.2, 0) is 15.8 Å². The second kappa shape index (κ2) is 9.21. The molecule has 2 aliphatic rings. The summed E-state index contributed by atoms with van der Waals surface area (Å²) in [6.45, 7) is 8.98. The third kappa shape index (κ3) is 4.50. The zero-order chi connectivity index (χ0) is 25.5. The molecule has 2 aromatic rings. The van der Waals surface area contributed by atoms with Crippen LogP contribution < -0.4 is 15.1 Å². The van der Waals surface area contributed by atoms with Gasteiger partial charge in [0.05, 0.1) is 16.9 Å². The van der Waals surface area contributed by atoms with E-state index in [9.17, 15) is 22.8 Å². The van der Waals surface area contributed by atoms with Gasteiger partial charge in [-0.2, -0.15) is 13.2 Å². The zero-order valence-electron chi connectivity index (χ0n) is 20.6. The van der Waals surface area contributed by atoms with Crippen LogP contribution in [0, 0.1) is 25.2 Å². The Kier molecular flexibility index (Phi) is 6.60. The van der Waals surface area contributed by atoms with Gasteiger partial charge >= 0.3 is 6.18 Å². The highest BCUT2D eigenvalue weighted by atomic mass is 19.4. The van der Waals surface area contributed by atoms with Gasteiger partial charge in [-0.25, -0.2) is 0 Å². The van der Waals surface area contributed by atoms with Crippen molar-refractivity contribution in [3.8, 4) is 0 Å². The van der Waals surface area contributed by atoms with Crippen LogP contribution in [0.25, 0.3) is 0 Å². The predicted octanol–water partition coefficient (Wildman–Crippen LogP) is 5.94. The Morgan fingerprint density at radius 2 is 1.74 bits per heavy atom. The lowest BCUT2D eigenvalue weighted by atomic mass is 9.75. The molecule has 35 heavy (non-hydrogen) atoms. The number of carbonyl (C=O) groups excluding carboxylic acids is 2. The summed E-state index contributed by atoms with van der Waals surface area (Å²) >= 11 is 0. The number of anilines is 3. The zero-order valence-corrected chi connectivity index (χ0v) is 20.6. The van der Waals surface area contributed by atoms with E-state index in [0.29, 0.717) is 25.2 Å². The number of aryl methyl sites for hydroxylation is 2. The SMILES string of the molecule is CCC1(C(=O)Nc2cc(N3CCCC3)cc(C(F)(F)F)c2)CN(c2c(C)cccc2C)C(=O)C1C. The molecule has 0 aliphatic carbocycles. The topological polar surface area (TPSA) is 52.7 Å². The van der Waals surface area contributed by atoms with E-state index in [1.165, 1.54) is 0 Å². The number of hydrogen-bond acceptors (Lipinski definition) is 3. The average molecular weight is 488 g/mol. The van der Waals surface area contributed by atoms with Crippen LogP contribution >= 0.6 is 0 Å². The minimum absolute atomic E-state index is 0.102. The first kappa shape index (κ1) is 25.1. The third-order valence-electron chi connectivity index (χ3n) is 7.67. The number of benzene rings is 2. The van der Waals surface area contributed by atoms with Crippen LogP contribution in [0.4, 0.5) is 30.2 Å². The van der Waals surface area contributed by atoms with E-state index in [1.54, 1.807) is 17.9 Å². The molecule has 2 fully saturated rings. The molecular formula is C27H32F3N3O2. The normalized spacial score (nSPS) is 22.7. The number of rotatable bonds is 5. The molecule has 0 radical (unpaired) electrons. The van der Waals surface area contributed by atoms with Gasteiger partial charge in [-0.15, -0.1) is 0 Å². The maximum atomic E-state index is 13.7. The van der Waals surface area contributed by atoms with Gasteiger partial charge < -0.3 is 15.1 Å². The molecule has 2 heterocycles. The molecule has 2 atom stereocenters. The molecule has 5 nitrogen and oxygen atoms in total. The number of halogens is 3. The summed E-state index contributed by atoms with van der Waals surface area (Å²) in [5.74, 6) is -1.20.